The fourth-order valence-corrected chi connectivity index (χ4v) is 2.21. The van der Waals surface area contributed by atoms with Crippen LogP contribution in [0.3, 0.4) is 0 Å². The van der Waals surface area contributed by atoms with E-state index in [0.29, 0.717) is 25.5 Å². The Hall–Kier alpha value is -2.15. The number of anilines is 1. The van der Waals surface area contributed by atoms with E-state index in [-0.39, 0.29) is 6.04 Å². The fraction of sp³-hybridized carbons (Fsp3) is 0.462. The largest absolute Gasteiger partial charge is 0.330 e. The van der Waals surface area contributed by atoms with Crippen molar-refractivity contribution in [1.82, 2.24) is 14.8 Å². The predicted molar refractivity (Wildman–Crippen MR) is 74.3 cm³/mol. The average molecular weight is 277 g/mol. The number of nitrogens with one attached hydrogen (secondary N) is 1. The van der Waals surface area contributed by atoms with Gasteiger partial charge in [-0.25, -0.2) is 10.8 Å². The minimum Gasteiger partial charge on any atom is -0.330 e. The van der Waals surface area contributed by atoms with E-state index in [1.54, 1.807) is 28.1 Å². The molecule has 2 rings (SSSR count). The first-order chi connectivity index (χ1) is 9.52. The van der Waals surface area contributed by atoms with Crippen LogP contribution < -0.4 is 11.3 Å². The van der Waals surface area contributed by atoms with Gasteiger partial charge in [-0.05, 0) is 31.5 Å². The smallest absolute Gasteiger partial charge is 0.312 e. The number of amides is 2. The second kappa shape index (κ2) is 5.87. The van der Waals surface area contributed by atoms with E-state index in [1.807, 2.05) is 13.8 Å². The van der Waals surface area contributed by atoms with Gasteiger partial charge in [0.2, 0.25) is 0 Å². The Kier molecular flexibility index (Phi) is 4.19. The van der Waals surface area contributed by atoms with Gasteiger partial charge in [-0.3, -0.25) is 9.59 Å². The van der Waals surface area contributed by atoms with Crippen molar-refractivity contribution in [2.24, 2.45) is 5.84 Å². The Morgan fingerprint density at radius 2 is 2.10 bits per heavy atom. The zero-order valence-corrected chi connectivity index (χ0v) is 11.7. The molecule has 1 aromatic rings. The van der Waals surface area contributed by atoms with Crippen molar-refractivity contribution in [3.63, 3.8) is 0 Å². The van der Waals surface area contributed by atoms with Crippen LogP contribution >= 0.6 is 0 Å². The number of nitrogen functional groups attached to an aromatic ring is 1. The van der Waals surface area contributed by atoms with E-state index < -0.39 is 11.8 Å². The Labute approximate surface area is 117 Å². The Morgan fingerprint density at radius 1 is 1.35 bits per heavy atom. The Bertz CT molecular complexity index is 517. The van der Waals surface area contributed by atoms with Gasteiger partial charge < -0.3 is 15.2 Å². The monoisotopic (exact) mass is 277 g/mol. The van der Waals surface area contributed by atoms with Gasteiger partial charge >= 0.3 is 11.8 Å². The lowest BCUT2D eigenvalue weighted by atomic mass is 10.2. The predicted octanol–water partition coefficient (Wildman–Crippen LogP) is -0.0536. The molecule has 2 heterocycles. The Balaban J connectivity index is 2.07. The molecule has 1 fully saturated rings. The summed E-state index contributed by atoms with van der Waals surface area (Å²) in [5.41, 5.74) is 3.34. The first kappa shape index (κ1) is 14.3. The van der Waals surface area contributed by atoms with Crippen molar-refractivity contribution >= 4 is 17.6 Å². The van der Waals surface area contributed by atoms with Crippen LogP contribution in [0, 0.1) is 0 Å². The SMILES string of the molecule is CC(C)N1CCN(Cc2ccnc(NN)c2)C(=O)C1=O. The van der Waals surface area contributed by atoms with Gasteiger partial charge in [0.05, 0.1) is 0 Å². The van der Waals surface area contributed by atoms with Gasteiger partial charge in [0.25, 0.3) is 0 Å². The van der Waals surface area contributed by atoms with Gasteiger partial charge in [0.15, 0.2) is 0 Å². The molecule has 1 aromatic heterocycles. The van der Waals surface area contributed by atoms with Crippen LogP contribution in [0.2, 0.25) is 0 Å². The van der Waals surface area contributed by atoms with Gasteiger partial charge in [-0.1, -0.05) is 0 Å². The highest BCUT2D eigenvalue weighted by Crippen LogP contribution is 2.14. The lowest BCUT2D eigenvalue weighted by Gasteiger charge is -2.36. The van der Waals surface area contributed by atoms with Crippen LogP contribution in [0.25, 0.3) is 0 Å². The van der Waals surface area contributed by atoms with E-state index in [2.05, 4.69) is 10.4 Å². The lowest BCUT2D eigenvalue weighted by molar-refractivity contribution is -0.157. The van der Waals surface area contributed by atoms with Crippen molar-refractivity contribution in [1.29, 1.82) is 0 Å². The molecule has 108 valence electrons. The molecule has 20 heavy (non-hydrogen) atoms. The minimum absolute atomic E-state index is 0.0440. The molecular formula is C13H19N5O2. The quantitative estimate of drug-likeness (QED) is 0.457. The molecular weight excluding hydrogens is 258 g/mol. The summed E-state index contributed by atoms with van der Waals surface area (Å²) in [4.78, 5) is 31.2. The molecule has 7 nitrogen and oxygen atoms in total. The summed E-state index contributed by atoms with van der Waals surface area (Å²) < 4.78 is 0. The van der Waals surface area contributed by atoms with Crippen molar-refractivity contribution in [2.45, 2.75) is 26.4 Å². The van der Waals surface area contributed by atoms with E-state index in [0.717, 1.165) is 5.56 Å². The number of nitrogens with two attached hydrogens (primary N) is 1. The van der Waals surface area contributed by atoms with Crippen molar-refractivity contribution < 1.29 is 9.59 Å². The molecule has 0 bridgehead atoms. The molecule has 0 saturated carbocycles. The fourth-order valence-electron chi connectivity index (χ4n) is 2.21. The number of hydrazine groups is 1. The third kappa shape index (κ3) is 2.88. The van der Waals surface area contributed by atoms with Crippen LogP contribution in [0.4, 0.5) is 5.82 Å². The van der Waals surface area contributed by atoms with Crippen molar-refractivity contribution in [2.75, 3.05) is 18.5 Å². The van der Waals surface area contributed by atoms with Crippen molar-refractivity contribution in [3.8, 4) is 0 Å². The molecule has 1 aliphatic heterocycles. The van der Waals surface area contributed by atoms with Crippen molar-refractivity contribution in [3.05, 3.63) is 23.9 Å². The molecule has 1 aliphatic rings. The summed E-state index contributed by atoms with van der Waals surface area (Å²) in [7, 11) is 0. The van der Waals surface area contributed by atoms with Crippen LogP contribution in [0.1, 0.15) is 19.4 Å². The average Bonchev–Trinajstić information content (AvgIpc) is 2.44. The number of piperazine rings is 1. The highest BCUT2D eigenvalue weighted by Gasteiger charge is 2.33. The van der Waals surface area contributed by atoms with Crippen LogP contribution in [-0.4, -0.2) is 45.7 Å². The van der Waals surface area contributed by atoms with E-state index in [9.17, 15) is 9.59 Å². The molecule has 3 N–H and O–H groups in total. The van der Waals surface area contributed by atoms with E-state index in [4.69, 9.17) is 5.84 Å². The highest BCUT2D eigenvalue weighted by molar-refractivity contribution is 6.35. The molecule has 2 amide bonds. The molecule has 0 atom stereocenters. The van der Waals surface area contributed by atoms with Crippen LogP contribution in [0.5, 0.6) is 0 Å². The first-order valence-electron chi connectivity index (χ1n) is 6.54. The third-order valence-corrected chi connectivity index (χ3v) is 3.31. The number of nitrogens with zero attached hydrogens (tertiary/aromatic N) is 3. The van der Waals surface area contributed by atoms with Gasteiger partial charge in [-0.15, -0.1) is 0 Å². The summed E-state index contributed by atoms with van der Waals surface area (Å²) in [6.07, 6.45) is 1.61. The number of carbonyl (C=O) groups excluding carboxylic acids is 2. The summed E-state index contributed by atoms with van der Waals surface area (Å²) in [6, 6.07) is 3.60. The second-order valence-corrected chi connectivity index (χ2v) is 5.01. The maximum absolute atomic E-state index is 12.1. The summed E-state index contributed by atoms with van der Waals surface area (Å²) >= 11 is 0. The molecule has 0 radical (unpaired) electrons. The number of pyridine rings is 1. The molecule has 0 aromatic carbocycles. The normalized spacial score (nSPS) is 16.0. The first-order valence-corrected chi connectivity index (χ1v) is 6.54. The van der Waals surface area contributed by atoms with Gasteiger partial charge in [0, 0.05) is 31.9 Å². The topological polar surface area (TPSA) is 91.6 Å². The highest BCUT2D eigenvalue weighted by atomic mass is 16.2. The van der Waals surface area contributed by atoms with Crippen LogP contribution in [0.15, 0.2) is 18.3 Å². The molecule has 0 aliphatic carbocycles. The van der Waals surface area contributed by atoms with Gasteiger partial charge in [0.1, 0.15) is 5.82 Å². The summed E-state index contributed by atoms with van der Waals surface area (Å²) in [6.45, 7) is 5.30. The molecule has 0 spiro atoms. The number of hydrogen-bond acceptors (Lipinski definition) is 5. The number of aromatic nitrogens is 1. The lowest BCUT2D eigenvalue weighted by Crippen LogP contribution is -2.55. The molecule has 0 unspecified atom stereocenters. The molecule has 7 heteroatoms. The molecule has 1 saturated heterocycles. The third-order valence-electron chi connectivity index (χ3n) is 3.31. The summed E-state index contributed by atoms with van der Waals surface area (Å²) in [5.74, 6) is 4.94. The number of carbonyl (C=O) groups is 2. The standard InChI is InChI=1S/C13H19N5O2/c1-9(2)18-6-5-17(12(19)13(18)20)8-10-3-4-15-11(7-10)16-14/h3-4,7,9H,5-6,8,14H2,1-2H3,(H,15,16). The van der Waals surface area contributed by atoms with Gasteiger partial charge in [-0.2, -0.15) is 0 Å². The zero-order chi connectivity index (χ0) is 14.7. The maximum Gasteiger partial charge on any atom is 0.312 e. The Morgan fingerprint density at radius 3 is 2.75 bits per heavy atom. The maximum atomic E-state index is 12.1. The van der Waals surface area contributed by atoms with E-state index in [1.165, 1.54) is 0 Å². The minimum atomic E-state index is -0.455. The second-order valence-electron chi connectivity index (χ2n) is 5.01. The van der Waals surface area contributed by atoms with Crippen LogP contribution in [-0.2, 0) is 16.1 Å². The van der Waals surface area contributed by atoms with E-state index >= 15 is 0 Å². The number of hydrogen-bond donors (Lipinski definition) is 2. The number of rotatable bonds is 4. The summed E-state index contributed by atoms with van der Waals surface area (Å²) in [5, 5.41) is 0. The zero-order valence-electron chi connectivity index (χ0n) is 11.7.